The van der Waals surface area contributed by atoms with Gasteiger partial charge in [0.15, 0.2) is 11.6 Å². The van der Waals surface area contributed by atoms with E-state index in [1.54, 1.807) is 0 Å². The molecule has 1 heterocycles. The number of para-hydroxylation sites is 1. The summed E-state index contributed by atoms with van der Waals surface area (Å²) in [5.41, 5.74) is 1.90. The van der Waals surface area contributed by atoms with E-state index in [0.29, 0.717) is 12.5 Å². The Morgan fingerprint density at radius 2 is 1.59 bits per heavy atom. The van der Waals surface area contributed by atoms with Crippen molar-refractivity contribution in [2.24, 2.45) is 0 Å². The second kappa shape index (κ2) is 6.67. The Labute approximate surface area is 128 Å². The zero-order valence-corrected chi connectivity index (χ0v) is 11.8. The first-order valence-electron chi connectivity index (χ1n) is 6.94. The molecule has 0 radical (unpaired) electrons. The van der Waals surface area contributed by atoms with Crippen LogP contribution >= 0.6 is 0 Å². The minimum atomic E-state index is -0.477. The molecule has 0 unspecified atom stereocenters. The molecule has 4 nitrogen and oxygen atoms in total. The molecule has 0 aliphatic heterocycles. The van der Waals surface area contributed by atoms with Crippen molar-refractivity contribution in [1.82, 2.24) is 9.97 Å². The van der Waals surface area contributed by atoms with E-state index in [9.17, 15) is 4.39 Å². The molecular formula is C17H15FN4. The Bertz CT molecular complexity index is 732. The molecule has 2 aromatic carbocycles. The van der Waals surface area contributed by atoms with E-state index >= 15 is 0 Å². The Morgan fingerprint density at radius 3 is 2.32 bits per heavy atom. The number of rotatable bonds is 5. The van der Waals surface area contributed by atoms with Gasteiger partial charge in [0.25, 0.3) is 0 Å². The van der Waals surface area contributed by atoms with Gasteiger partial charge in [0.1, 0.15) is 0 Å². The van der Waals surface area contributed by atoms with Crippen molar-refractivity contribution in [2.45, 2.75) is 6.54 Å². The van der Waals surface area contributed by atoms with Crippen LogP contribution in [0.2, 0.25) is 0 Å². The zero-order valence-electron chi connectivity index (χ0n) is 11.8. The second-order valence-electron chi connectivity index (χ2n) is 4.72. The quantitative estimate of drug-likeness (QED) is 0.747. The Balaban J connectivity index is 1.72. The molecule has 0 saturated heterocycles. The summed E-state index contributed by atoms with van der Waals surface area (Å²) in [5, 5.41) is 6.03. The predicted octanol–water partition coefficient (Wildman–Crippen LogP) is 3.97. The fraction of sp³-hybridized carbons (Fsp3) is 0.0588. The van der Waals surface area contributed by atoms with Gasteiger partial charge in [-0.2, -0.15) is 4.98 Å². The molecule has 0 aliphatic carbocycles. The summed E-state index contributed by atoms with van der Waals surface area (Å²) < 4.78 is 13.8. The molecule has 0 saturated carbocycles. The number of aromatic nitrogens is 2. The van der Waals surface area contributed by atoms with Crippen LogP contribution in [0.25, 0.3) is 0 Å². The minimum Gasteiger partial charge on any atom is -0.363 e. The number of hydrogen-bond donors (Lipinski definition) is 2. The molecule has 0 atom stereocenters. The first-order chi connectivity index (χ1) is 10.8. The van der Waals surface area contributed by atoms with Crippen molar-refractivity contribution in [3.05, 3.63) is 78.2 Å². The molecule has 0 aliphatic rings. The average molecular weight is 294 g/mol. The van der Waals surface area contributed by atoms with Crippen LogP contribution in [-0.4, -0.2) is 9.97 Å². The topological polar surface area (TPSA) is 49.8 Å². The van der Waals surface area contributed by atoms with Crippen molar-refractivity contribution in [3.8, 4) is 0 Å². The van der Waals surface area contributed by atoms with Gasteiger partial charge in [-0.3, -0.25) is 0 Å². The van der Waals surface area contributed by atoms with Crippen molar-refractivity contribution in [2.75, 3.05) is 10.6 Å². The molecule has 3 rings (SSSR count). The number of nitrogens with zero attached hydrogens (tertiary/aromatic N) is 2. The van der Waals surface area contributed by atoms with Gasteiger partial charge < -0.3 is 10.6 Å². The minimum absolute atomic E-state index is 0.178. The Hall–Kier alpha value is -2.95. The lowest BCUT2D eigenvalue weighted by molar-refractivity contribution is 0.617. The van der Waals surface area contributed by atoms with Crippen LogP contribution in [0.3, 0.4) is 0 Å². The molecule has 22 heavy (non-hydrogen) atoms. The highest BCUT2D eigenvalue weighted by molar-refractivity contribution is 5.54. The molecule has 110 valence electrons. The fourth-order valence-electron chi connectivity index (χ4n) is 1.98. The highest BCUT2D eigenvalue weighted by Gasteiger charge is 2.07. The lowest BCUT2D eigenvalue weighted by Gasteiger charge is -2.09. The predicted molar refractivity (Wildman–Crippen MR) is 85.5 cm³/mol. The van der Waals surface area contributed by atoms with Gasteiger partial charge in [0.2, 0.25) is 5.95 Å². The van der Waals surface area contributed by atoms with Crippen LogP contribution in [0.5, 0.6) is 0 Å². The molecule has 3 aromatic rings. The third kappa shape index (κ3) is 3.58. The smallest absolute Gasteiger partial charge is 0.229 e. The first kappa shape index (κ1) is 14.0. The molecule has 0 bridgehead atoms. The van der Waals surface area contributed by atoms with Gasteiger partial charge in [-0.25, -0.2) is 9.37 Å². The molecule has 5 heteroatoms. The highest BCUT2D eigenvalue weighted by atomic mass is 19.1. The summed E-state index contributed by atoms with van der Waals surface area (Å²) in [7, 11) is 0. The van der Waals surface area contributed by atoms with Gasteiger partial charge in [0.05, 0.1) is 6.20 Å². The number of anilines is 3. The zero-order chi connectivity index (χ0) is 15.2. The summed E-state index contributed by atoms with van der Waals surface area (Å²) in [6, 6.07) is 19.3. The van der Waals surface area contributed by atoms with Gasteiger partial charge in [-0.1, -0.05) is 48.5 Å². The highest BCUT2D eigenvalue weighted by Crippen LogP contribution is 2.16. The van der Waals surface area contributed by atoms with Crippen LogP contribution < -0.4 is 10.6 Å². The summed E-state index contributed by atoms with van der Waals surface area (Å²) in [5.74, 6) is 0.0509. The molecule has 2 N–H and O–H groups in total. The second-order valence-corrected chi connectivity index (χ2v) is 4.72. The van der Waals surface area contributed by atoms with E-state index < -0.39 is 5.82 Å². The Morgan fingerprint density at radius 1 is 0.909 bits per heavy atom. The van der Waals surface area contributed by atoms with Gasteiger partial charge in [0, 0.05) is 12.2 Å². The average Bonchev–Trinajstić information content (AvgIpc) is 2.57. The monoisotopic (exact) mass is 294 g/mol. The summed E-state index contributed by atoms with van der Waals surface area (Å²) in [6.45, 7) is 0.500. The van der Waals surface area contributed by atoms with Gasteiger partial charge >= 0.3 is 0 Å². The van der Waals surface area contributed by atoms with Crippen LogP contribution in [0.15, 0.2) is 66.9 Å². The van der Waals surface area contributed by atoms with Crippen LogP contribution in [0.4, 0.5) is 21.8 Å². The maximum absolute atomic E-state index is 13.8. The summed E-state index contributed by atoms with van der Waals surface area (Å²) >= 11 is 0. The lowest BCUT2D eigenvalue weighted by Crippen LogP contribution is -2.06. The lowest BCUT2D eigenvalue weighted by atomic mass is 10.2. The molecular weight excluding hydrogens is 279 g/mol. The van der Waals surface area contributed by atoms with Crippen LogP contribution in [-0.2, 0) is 6.54 Å². The molecule has 0 spiro atoms. The van der Waals surface area contributed by atoms with Crippen LogP contribution in [0.1, 0.15) is 5.56 Å². The van der Waals surface area contributed by atoms with E-state index in [1.807, 2.05) is 60.7 Å². The molecule has 0 amide bonds. The van der Waals surface area contributed by atoms with E-state index in [1.165, 1.54) is 0 Å². The van der Waals surface area contributed by atoms with Crippen molar-refractivity contribution in [1.29, 1.82) is 0 Å². The maximum atomic E-state index is 13.8. The van der Waals surface area contributed by atoms with E-state index in [4.69, 9.17) is 0 Å². The van der Waals surface area contributed by atoms with Gasteiger partial charge in [-0.05, 0) is 17.7 Å². The third-order valence-electron chi connectivity index (χ3n) is 3.08. The Kier molecular flexibility index (Phi) is 4.25. The SMILES string of the molecule is Fc1cnc(Nc2ccccc2)nc1NCc1ccccc1. The van der Waals surface area contributed by atoms with Crippen molar-refractivity contribution in [3.63, 3.8) is 0 Å². The number of nitrogens with one attached hydrogen (secondary N) is 2. The maximum Gasteiger partial charge on any atom is 0.229 e. The van der Waals surface area contributed by atoms with Crippen molar-refractivity contribution < 1.29 is 4.39 Å². The molecule has 0 fully saturated rings. The summed E-state index contributed by atoms with van der Waals surface area (Å²) in [4.78, 5) is 8.13. The summed E-state index contributed by atoms with van der Waals surface area (Å²) in [6.07, 6.45) is 1.16. The standard InChI is InChI=1S/C17H15FN4/c18-15-12-20-17(21-14-9-5-2-6-10-14)22-16(15)19-11-13-7-3-1-4-8-13/h1-10,12H,11H2,(H2,19,20,21,22). The fourth-order valence-corrected chi connectivity index (χ4v) is 1.98. The third-order valence-corrected chi connectivity index (χ3v) is 3.08. The van der Waals surface area contributed by atoms with Crippen LogP contribution in [0, 0.1) is 5.82 Å². The number of hydrogen-bond acceptors (Lipinski definition) is 4. The molecule has 1 aromatic heterocycles. The van der Waals surface area contributed by atoms with E-state index in [0.717, 1.165) is 17.4 Å². The first-order valence-corrected chi connectivity index (χ1v) is 6.94. The number of halogens is 1. The normalized spacial score (nSPS) is 10.2. The largest absolute Gasteiger partial charge is 0.363 e. The number of benzene rings is 2. The van der Waals surface area contributed by atoms with E-state index in [-0.39, 0.29) is 5.82 Å². The van der Waals surface area contributed by atoms with Gasteiger partial charge in [-0.15, -0.1) is 0 Å². The van der Waals surface area contributed by atoms with E-state index in [2.05, 4.69) is 20.6 Å². The van der Waals surface area contributed by atoms with Crippen molar-refractivity contribution >= 4 is 17.5 Å².